The molecular formula is C67H133N41O13S2. The van der Waals surface area contributed by atoms with Crippen molar-refractivity contribution in [2.45, 2.75) is 195 Å². The van der Waals surface area contributed by atoms with Crippen LogP contribution in [-0.2, 0) is 62.3 Å². The van der Waals surface area contributed by atoms with Crippen molar-refractivity contribution in [1.29, 1.82) is 48.7 Å². The van der Waals surface area contributed by atoms with Gasteiger partial charge in [-0.3, -0.25) is 111 Å². The van der Waals surface area contributed by atoms with E-state index in [1.54, 1.807) is 13.3 Å². The van der Waals surface area contributed by atoms with Gasteiger partial charge in [0.2, 0.25) is 76.8 Å². The van der Waals surface area contributed by atoms with E-state index < -0.39 is 209 Å². The molecule has 0 bridgehead atoms. The number of thioether (sulfide) groups is 1. The number of likely N-dealkylation sites (N-methyl/N-ethyl adjacent to an activating group) is 1. The second-order valence-electron chi connectivity index (χ2n) is 27.8. The Balaban J connectivity index is 8.07. The van der Waals surface area contributed by atoms with Gasteiger partial charge in [-0.15, -0.1) is 0 Å². The molecule has 51 N–H and O–H groups in total. The number of rotatable bonds is 65. The van der Waals surface area contributed by atoms with Crippen molar-refractivity contribution in [1.82, 2.24) is 117 Å². The van der Waals surface area contributed by atoms with Gasteiger partial charge in [0, 0.05) is 70.4 Å². The van der Waals surface area contributed by atoms with Crippen LogP contribution in [0.15, 0.2) is 0 Å². The monoisotopic (exact) mass is 1780 g/mol. The van der Waals surface area contributed by atoms with Crippen LogP contribution in [-0.4, -0.2) is 293 Å². The molecule has 0 rings (SSSR count). The van der Waals surface area contributed by atoms with Gasteiger partial charge in [-0.25, -0.2) is 0 Å². The summed E-state index contributed by atoms with van der Waals surface area (Å²) < 4.78 is 0. The average Bonchev–Trinajstić information content (AvgIpc) is 0.859. The van der Waals surface area contributed by atoms with Gasteiger partial charge < -0.3 is 174 Å². The van der Waals surface area contributed by atoms with E-state index in [1.165, 1.54) is 18.7 Å². The number of carbonyl (C=O) groups excluding carboxylic acids is 13. The lowest BCUT2D eigenvalue weighted by Gasteiger charge is -2.29. The molecule has 56 heteroatoms. The lowest BCUT2D eigenvalue weighted by molar-refractivity contribution is -0.136. The number of nitrogens with two attached hydrogens (primary N) is 10. The number of thiol groups is 1. The van der Waals surface area contributed by atoms with Crippen LogP contribution in [0.5, 0.6) is 0 Å². The van der Waals surface area contributed by atoms with Crippen molar-refractivity contribution >= 4 is 155 Å². The number of nitrogens with one attached hydrogen (secondary N) is 31. The van der Waals surface area contributed by atoms with E-state index in [0.717, 1.165) is 0 Å². The molecule has 0 heterocycles. The topological polar surface area (TPSA) is 961 Å². The Morgan fingerprint density at radius 1 is 0.268 bits per heavy atom. The minimum atomic E-state index is -1.66. The Kier molecular flexibility index (Phi) is 56.6. The van der Waals surface area contributed by atoms with Crippen LogP contribution in [0.25, 0.3) is 0 Å². The predicted octanol–water partition coefficient (Wildman–Crippen LogP) is -13.8. The fraction of sp³-hybridized carbons (Fsp3) is 0.672. The van der Waals surface area contributed by atoms with Crippen LogP contribution < -0.4 is 174 Å². The molecule has 0 unspecified atom stereocenters. The zero-order chi connectivity index (χ0) is 93.1. The highest BCUT2D eigenvalue weighted by molar-refractivity contribution is 7.98. The molecule has 12 atom stereocenters. The van der Waals surface area contributed by atoms with Crippen molar-refractivity contribution in [2.75, 3.05) is 90.3 Å². The van der Waals surface area contributed by atoms with Gasteiger partial charge in [-0.2, -0.15) is 24.4 Å². The maximum atomic E-state index is 15.1. The van der Waals surface area contributed by atoms with E-state index >= 15 is 9.59 Å². The third kappa shape index (κ3) is 52.8. The number of primary amides is 1. The third-order valence-electron chi connectivity index (χ3n) is 17.6. The van der Waals surface area contributed by atoms with Crippen LogP contribution >= 0.6 is 24.4 Å². The first-order valence-electron chi connectivity index (χ1n) is 39.4. The van der Waals surface area contributed by atoms with E-state index in [2.05, 4.69) is 130 Å². The van der Waals surface area contributed by atoms with E-state index in [9.17, 15) is 52.7 Å². The van der Waals surface area contributed by atoms with Gasteiger partial charge in [0.05, 0.1) is 12.6 Å². The summed E-state index contributed by atoms with van der Waals surface area (Å²) in [5.74, 6) is -16.0. The summed E-state index contributed by atoms with van der Waals surface area (Å²) in [5.41, 5.74) is 55.4. The SMILES string of the molecule is CN[C@@H](CSC)C(=O)N[C@@H](C)C(=O)NCC(=O)N[C@H](CCCNC(=N)N)C(=O)N[C@H](CCCNC(=N)N)C(=O)N[C@H](CCCNC(=N)N)C(=O)N[C@H](CCCNC(=N)N)C(=O)N[C@H](CCCNC(=N)N)C(=O)N[C@H](CCCNC(=N)N)C(=O)N[C@H](CCCNC(=N)N)C(=O)N[C@H](CCCNC(=N)N)C(=O)N[C@H](CCCNC(=N)N)C(=O)N[C@H](CS)C(N)=O. The van der Waals surface area contributed by atoms with E-state index in [1.807, 2.05) is 0 Å². The quantitative estimate of drug-likeness (QED) is 0.0116. The first kappa shape index (κ1) is 110. The first-order valence-corrected chi connectivity index (χ1v) is 41.5. The van der Waals surface area contributed by atoms with Gasteiger partial charge in [-0.05, 0) is 136 Å². The first-order chi connectivity index (χ1) is 58.0. The van der Waals surface area contributed by atoms with E-state index in [4.69, 9.17) is 106 Å². The largest absolute Gasteiger partial charge is 0.370 e. The molecule has 0 aliphatic carbocycles. The van der Waals surface area contributed by atoms with Crippen molar-refractivity contribution in [3.8, 4) is 0 Å². The van der Waals surface area contributed by atoms with Crippen LogP contribution in [0.2, 0.25) is 0 Å². The standard InChI is InChI=1S/C67H133N41O13S2/c1-34(98-58(121)45(87-2)33-123-3)48(111)97-31-46(109)99-35(13-4-22-88-59(69)70)49(112)100-36(14-5-23-89-60(71)72)50(113)101-37(15-6-24-90-61(73)74)51(114)102-38(16-7-25-91-62(75)76)52(115)103-39(17-8-26-92-63(77)78)53(116)104-40(18-9-27-93-64(79)80)54(117)105-41(19-10-28-94-65(81)82)55(118)106-42(20-11-29-95-66(83)84)56(119)107-43(21-12-30-96-67(85)86)57(120)108-44(32-122)47(68)110/h34-45,87,122H,4-33H2,1-3H3,(H2,68,110)(H,97,111)(H,98,121)(H,99,109)(H,100,112)(H,101,113)(H,102,114)(H,103,115)(H,104,116)(H,105,117)(H,106,118)(H,107,119)(H,108,120)(H4,69,70,88)(H4,71,72,89)(H4,73,74,90)(H4,75,76,91)(H4,77,78,92)(H4,79,80,93)(H4,81,82,94)(H4,83,84,95)(H4,85,86,96)/t34-,35+,36+,37+,38+,39+,40+,41+,42+,43+,44+,45-/m0/s1. The van der Waals surface area contributed by atoms with Crippen molar-refractivity contribution < 1.29 is 62.3 Å². The highest BCUT2D eigenvalue weighted by Gasteiger charge is 2.37. The fourth-order valence-corrected chi connectivity index (χ4v) is 12.2. The number of hydrogen-bond donors (Lipinski definition) is 42. The van der Waals surface area contributed by atoms with Crippen molar-refractivity contribution in [3.05, 3.63) is 0 Å². The molecule has 0 saturated carbocycles. The number of amides is 13. The van der Waals surface area contributed by atoms with Gasteiger partial charge in [0.25, 0.3) is 0 Å². The molecule has 696 valence electrons. The second-order valence-corrected chi connectivity index (χ2v) is 29.1. The number of carbonyl (C=O) groups is 13. The zero-order valence-corrected chi connectivity index (χ0v) is 71.3. The Hall–Kier alpha value is -12.8. The summed E-state index contributed by atoms with van der Waals surface area (Å²) in [6.07, 6.45) is -0.236. The average molecular weight is 1790 g/mol. The summed E-state index contributed by atoms with van der Waals surface area (Å²) in [5, 5.41) is 126. The predicted molar refractivity (Wildman–Crippen MR) is 467 cm³/mol. The van der Waals surface area contributed by atoms with E-state index in [-0.39, 0.29) is 180 Å². The Morgan fingerprint density at radius 3 is 0.610 bits per heavy atom. The maximum absolute atomic E-state index is 15.1. The van der Waals surface area contributed by atoms with Crippen LogP contribution in [0, 0.1) is 48.7 Å². The molecule has 0 aromatic heterocycles. The fourth-order valence-electron chi connectivity index (χ4n) is 11.2. The zero-order valence-electron chi connectivity index (χ0n) is 69.6. The molecule has 0 spiro atoms. The van der Waals surface area contributed by atoms with Crippen molar-refractivity contribution in [2.24, 2.45) is 57.3 Å². The summed E-state index contributed by atoms with van der Waals surface area (Å²) in [4.78, 5) is 184. The molecule has 0 aliphatic rings. The molecule has 123 heavy (non-hydrogen) atoms. The Labute approximate surface area is 722 Å². The van der Waals surface area contributed by atoms with Gasteiger partial charge in [0.1, 0.15) is 66.5 Å². The van der Waals surface area contributed by atoms with Crippen LogP contribution in [0.4, 0.5) is 0 Å². The smallest absolute Gasteiger partial charge is 0.243 e. The molecule has 0 radical (unpaired) electrons. The lowest BCUT2D eigenvalue weighted by atomic mass is 10.0. The second kappa shape index (κ2) is 63.2. The number of guanidine groups is 9. The summed E-state index contributed by atoms with van der Waals surface area (Å²) in [7, 11) is 1.57. The Bertz CT molecular complexity index is 3530. The summed E-state index contributed by atoms with van der Waals surface area (Å²) >= 11 is 5.48. The third-order valence-corrected chi connectivity index (χ3v) is 18.6. The van der Waals surface area contributed by atoms with Gasteiger partial charge in [-0.1, -0.05) is 0 Å². The molecule has 0 aromatic rings. The van der Waals surface area contributed by atoms with Crippen LogP contribution in [0.1, 0.15) is 122 Å². The molecule has 0 aromatic carbocycles. The van der Waals surface area contributed by atoms with Gasteiger partial charge >= 0.3 is 0 Å². The molecule has 54 nitrogen and oxygen atoms in total. The van der Waals surface area contributed by atoms with E-state index in [0.29, 0.717) is 5.75 Å². The molecule has 0 fully saturated rings. The number of hydrogen-bond acceptors (Lipinski definition) is 25. The maximum Gasteiger partial charge on any atom is 0.243 e. The summed E-state index contributed by atoms with van der Waals surface area (Å²) in [6, 6.07) is -17.2. The molecule has 0 saturated heterocycles. The normalized spacial score (nSPS) is 13.6. The lowest BCUT2D eigenvalue weighted by Crippen LogP contribution is -2.61. The van der Waals surface area contributed by atoms with Gasteiger partial charge in [0.15, 0.2) is 53.6 Å². The highest BCUT2D eigenvalue weighted by atomic mass is 32.2. The molecular weight excluding hydrogens is 1650 g/mol. The highest BCUT2D eigenvalue weighted by Crippen LogP contribution is 2.12. The minimum Gasteiger partial charge on any atom is -0.370 e. The van der Waals surface area contributed by atoms with Crippen LogP contribution in [0.3, 0.4) is 0 Å². The molecule has 0 aliphatic heterocycles. The Morgan fingerprint density at radius 2 is 0.447 bits per heavy atom. The van der Waals surface area contributed by atoms with Crippen molar-refractivity contribution in [3.63, 3.8) is 0 Å². The minimum absolute atomic E-state index is 0.00487. The molecule has 13 amide bonds. The summed E-state index contributed by atoms with van der Waals surface area (Å²) in [6.45, 7) is 0.422.